The SMILES string of the molecule is CC(N)C1CCCCN1CC(=O)Nc1cccc(Br)c1. The first kappa shape index (κ1) is 15.5. The molecule has 1 fully saturated rings. The number of nitrogens with zero attached hydrogens (tertiary/aromatic N) is 1. The first-order valence-corrected chi connectivity index (χ1v) is 7.90. The lowest BCUT2D eigenvalue weighted by Gasteiger charge is -2.37. The summed E-state index contributed by atoms with van der Waals surface area (Å²) in [6, 6.07) is 8.06. The number of piperidine rings is 1. The van der Waals surface area contributed by atoms with Crippen LogP contribution in [0.5, 0.6) is 0 Å². The van der Waals surface area contributed by atoms with E-state index in [-0.39, 0.29) is 11.9 Å². The van der Waals surface area contributed by atoms with E-state index in [2.05, 4.69) is 26.1 Å². The van der Waals surface area contributed by atoms with Crippen LogP contribution in [0, 0.1) is 0 Å². The number of carbonyl (C=O) groups excluding carboxylic acids is 1. The average Bonchev–Trinajstić information content (AvgIpc) is 2.38. The predicted octanol–water partition coefficient (Wildman–Crippen LogP) is 2.59. The number of hydrogen-bond donors (Lipinski definition) is 2. The molecule has 0 saturated carbocycles. The molecule has 0 aromatic heterocycles. The van der Waals surface area contributed by atoms with Gasteiger partial charge in [0.25, 0.3) is 0 Å². The van der Waals surface area contributed by atoms with Crippen LogP contribution in [-0.4, -0.2) is 36.0 Å². The maximum atomic E-state index is 12.2. The molecule has 0 aliphatic carbocycles. The van der Waals surface area contributed by atoms with Crippen molar-refractivity contribution in [2.45, 2.75) is 38.3 Å². The summed E-state index contributed by atoms with van der Waals surface area (Å²) < 4.78 is 0.960. The molecule has 3 N–H and O–H groups in total. The van der Waals surface area contributed by atoms with E-state index in [9.17, 15) is 4.79 Å². The third-order valence-electron chi connectivity index (χ3n) is 3.73. The third kappa shape index (κ3) is 4.30. The Kier molecular flexibility index (Phi) is 5.57. The summed E-state index contributed by atoms with van der Waals surface area (Å²) in [5, 5.41) is 2.94. The minimum Gasteiger partial charge on any atom is -0.327 e. The van der Waals surface area contributed by atoms with Gasteiger partial charge in [0.2, 0.25) is 5.91 Å². The van der Waals surface area contributed by atoms with Crippen molar-refractivity contribution >= 4 is 27.5 Å². The average molecular weight is 340 g/mol. The van der Waals surface area contributed by atoms with E-state index < -0.39 is 0 Å². The summed E-state index contributed by atoms with van der Waals surface area (Å²) in [7, 11) is 0. The maximum Gasteiger partial charge on any atom is 0.238 e. The van der Waals surface area contributed by atoms with E-state index in [1.807, 2.05) is 31.2 Å². The van der Waals surface area contributed by atoms with Crippen LogP contribution in [0.1, 0.15) is 26.2 Å². The normalized spacial score (nSPS) is 21.4. The van der Waals surface area contributed by atoms with Crippen molar-refractivity contribution in [3.8, 4) is 0 Å². The van der Waals surface area contributed by atoms with Gasteiger partial charge in [-0.15, -0.1) is 0 Å². The molecular formula is C15H22BrN3O. The molecular weight excluding hydrogens is 318 g/mol. The summed E-state index contributed by atoms with van der Waals surface area (Å²) >= 11 is 3.40. The Labute approximate surface area is 128 Å². The molecule has 1 aromatic rings. The molecule has 2 atom stereocenters. The Morgan fingerprint density at radius 3 is 3.05 bits per heavy atom. The molecule has 0 radical (unpaired) electrons. The van der Waals surface area contributed by atoms with Gasteiger partial charge in [0.15, 0.2) is 0 Å². The number of likely N-dealkylation sites (tertiary alicyclic amines) is 1. The summed E-state index contributed by atoms with van der Waals surface area (Å²) in [4.78, 5) is 14.4. The molecule has 110 valence electrons. The molecule has 20 heavy (non-hydrogen) atoms. The van der Waals surface area contributed by atoms with Crippen molar-refractivity contribution in [1.29, 1.82) is 0 Å². The highest BCUT2D eigenvalue weighted by Gasteiger charge is 2.26. The smallest absolute Gasteiger partial charge is 0.238 e. The Morgan fingerprint density at radius 2 is 2.35 bits per heavy atom. The fourth-order valence-electron chi connectivity index (χ4n) is 2.76. The number of amides is 1. The van der Waals surface area contributed by atoms with Gasteiger partial charge in [0, 0.05) is 22.2 Å². The molecule has 0 bridgehead atoms. The van der Waals surface area contributed by atoms with Gasteiger partial charge >= 0.3 is 0 Å². The van der Waals surface area contributed by atoms with Gasteiger partial charge < -0.3 is 11.1 Å². The number of nitrogens with one attached hydrogen (secondary N) is 1. The number of carbonyl (C=O) groups is 1. The second-order valence-corrected chi connectivity index (χ2v) is 6.37. The number of hydrogen-bond acceptors (Lipinski definition) is 3. The molecule has 1 saturated heterocycles. The first-order chi connectivity index (χ1) is 9.56. The number of rotatable bonds is 4. The van der Waals surface area contributed by atoms with Gasteiger partial charge in [-0.3, -0.25) is 9.69 Å². The zero-order valence-electron chi connectivity index (χ0n) is 11.8. The second-order valence-electron chi connectivity index (χ2n) is 5.45. The zero-order valence-corrected chi connectivity index (χ0v) is 13.4. The predicted molar refractivity (Wildman–Crippen MR) is 85.6 cm³/mol. The minimum absolute atomic E-state index is 0.0238. The molecule has 4 nitrogen and oxygen atoms in total. The maximum absolute atomic E-state index is 12.2. The summed E-state index contributed by atoms with van der Waals surface area (Å²) in [6.07, 6.45) is 3.44. The topological polar surface area (TPSA) is 58.4 Å². The molecule has 1 amide bonds. The lowest BCUT2D eigenvalue weighted by atomic mass is 9.97. The summed E-state index contributed by atoms with van der Waals surface area (Å²) in [6.45, 7) is 3.39. The lowest BCUT2D eigenvalue weighted by molar-refractivity contribution is -0.118. The molecule has 1 aliphatic rings. The zero-order chi connectivity index (χ0) is 14.5. The van der Waals surface area contributed by atoms with Crippen LogP contribution in [0.15, 0.2) is 28.7 Å². The van der Waals surface area contributed by atoms with Crippen LogP contribution in [0.25, 0.3) is 0 Å². The fraction of sp³-hybridized carbons (Fsp3) is 0.533. The minimum atomic E-state index is 0.0238. The lowest BCUT2D eigenvalue weighted by Crippen LogP contribution is -2.51. The standard InChI is InChI=1S/C15H22BrN3O/c1-11(17)14-7-2-3-8-19(14)10-15(20)18-13-6-4-5-12(16)9-13/h4-6,9,11,14H,2-3,7-8,10,17H2,1H3,(H,18,20). The molecule has 5 heteroatoms. The van der Waals surface area contributed by atoms with Crippen LogP contribution in [0.3, 0.4) is 0 Å². The van der Waals surface area contributed by atoms with Gasteiger partial charge in [-0.25, -0.2) is 0 Å². The highest BCUT2D eigenvalue weighted by atomic mass is 79.9. The van der Waals surface area contributed by atoms with E-state index in [4.69, 9.17) is 5.73 Å². The number of halogens is 1. The van der Waals surface area contributed by atoms with E-state index in [0.717, 1.165) is 29.5 Å². The molecule has 1 heterocycles. The summed E-state index contributed by atoms with van der Waals surface area (Å²) in [5.41, 5.74) is 6.84. The number of anilines is 1. The van der Waals surface area contributed by atoms with Gasteiger partial charge in [-0.05, 0) is 44.5 Å². The highest BCUT2D eigenvalue weighted by Crippen LogP contribution is 2.19. The quantitative estimate of drug-likeness (QED) is 0.886. The number of benzene rings is 1. The Balaban J connectivity index is 1.93. The van der Waals surface area contributed by atoms with Gasteiger partial charge in [0.05, 0.1) is 6.54 Å². The van der Waals surface area contributed by atoms with Gasteiger partial charge in [-0.2, -0.15) is 0 Å². The summed E-state index contributed by atoms with van der Waals surface area (Å²) in [5.74, 6) is 0.0238. The molecule has 2 rings (SSSR count). The third-order valence-corrected chi connectivity index (χ3v) is 4.22. The molecule has 0 spiro atoms. The fourth-order valence-corrected chi connectivity index (χ4v) is 3.16. The Hall–Kier alpha value is -0.910. The Bertz CT molecular complexity index is 464. The van der Waals surface area contributed by atoms with Crippen molar-refractivity contribution in [3.63, 3.8) is 0 Å². The van der Waals surface area contributed by atoms with Crippen LogP contribution >= 0.6 is 15.9 Å². The highest BCUT2D eigenvalue weighted by molar-refractivity contribution is 9.10. The Morgan fingerprint density at radius 1 is 1.55 bits per heavy atom. The van der Waals surface area contributed by atoms with Crippen LogP contribution in [0.2, 0.25) is 0 Å². The van der Waals surface area contributed by atoms with E-state index in [1.165, 1.54) is 6.42 Å². The monoisotopic (exact) mass is 339 g/mol. The van der Waals surface area contributed by atoms with Crippen LogP contribution < -0.4 is 11.1 Å². The molecule has 2 unspecified atom stereocenters. The number of nitrogens with two attached hydrogens (primary N) is 1. The second kappa shape index (κ2) is 7.20. The largest absolute Gasteiger partial charge is 0.327 e. The van der Waals surface area contributed by atoms with Gasteiger partial charge in [0.1, 0.15) is 0 Å². The van der Waals surface area contributed by atoms with Crippen molar-refractivity contribution in [2.24, 2.45) is 5.73 Å². The van der Waals surface area contributed by atoms with Crippen molar-refractivity contribution in [1.82, 2.24) is 4.90 Å². The first-order valence-electron chi connectivity index (χ1n) is 7.11. The molecule has 1 aliphatic heterocycles. The molecule has 1 aromatic carbocycles. The van der Waals surface area contributed by atoms with Gasteiger partial charge in [-0.1, -0.05) is 28.4 Å². The van der Waals surface area contributed by atoms with Crippen molar-refractivity contribution in [2.75, 3.05) is 18.4 Å². The van der Waals surface area contributed by atoms with Crippen LogP contribution in [-0.2, 0) is 4.79 Å². The van der Waals surface area contributed by atoms with E-state index >= 15 is 0 Å². The van der Waals surface area contributed by atoms with E-state index in [1.54, 1.807) is 0 Å². The van der Waals surface area contributed by atoms with Crippen molar-refractivity contribution < 1.29 is 4.79 Å². The van der Waals surface area contributed by atoms with Crippen LogP contribution in [0.4, 0.5) is 5.69 Å². The van der Waals surface area contributed by atoms with Crippen molar-refractivity contribution in [3.05, 3.63) is 28.7 Å². The van der Waals surface area contributed by atoms with E-state index in [0.29, 0.717) is 12.6 Å².